The lowest BCUT2D eigenvalue weighted by molar-refractivity contribution is -0.956. The number of para-hydroxylation sites is 3. The molecule has 3 aliphatic rings. The normalized spacial score (nSPS) is 15.8. The molecule has 8 heterocycles. The van der Waals surface area contributed by atoms with Gasteiger partial charge in [0, 0.05) is 55.7 Å². The molecular weight excluding hydrogens is 723 g/mol. The zero-order valence-corrected chi connectivity index (χ0v) is 32.2. The molecule has 0 saturated heterocycles. The van der Waals surface area contributed by atoms with E-state index in [2.05, 4.69) is 201 Å². The molecule has 12 aromatic rings. The minimum Gasteiger partial charge on any atom is -0.456 e. The number of hydrogen-bond acceptors (Lipinski definition) is 1. The molecule has 15 rings (SSSR count). The summed E-state index contributed by atoms with van der Waals surface area (Å²) in [6.07, 6.45) is 4.74. The van der Waals surface area contributed by atoms with Crippen LogP contribution in [0, 0.1) is 13.8 Å². The summed E-state index contributed by atoms with van der Waals surface area (Å²) in [6.45, 7) is 4.51. The van der Waals surface area contributed by atoms with Gasteiger partial charge in [0.05, 0.1) is 22.6 Å². The lowest BCUT2D eigenvalue weighted by Gasteiger charge is -2.36. The Morgan fingerprint density at radius 1 is 0.508 bits per heavy atom. The summed E-state index contributed by atoms with van der Waals surface area (Å²) < 4.78 is 19.7. The van der Waals surface area contributed by atoms with Crippen LogP contribution in [0.4, 0.5) is 0 Å². The van der Waals surface area contributed by atoms with Crippen molar-refractivity contribution < 1.29 is 13.9 Å². The molecular formula is C53H33N5O+2. The summed E-state index contributed by atoms with van der Waals surface area (Å²) in [4.78, 5) is 0. The average molecular weight is 756 g/mol. The van der Waals surface area contributed by atoms with E-state index < -0.39 is 5.66 Å². The van der Waals surface area contributed by atoms with E-state index in [9.17, 15) is 0 Å². The second kappa shape index (κ2) is 10.0. The Morgan fingerprint density at radius 3 is 2.00 bits per heavy atom. The van der Waals surface area contributed by atoms with Crippen molar-refractivity contribution in [2.75, 3.05) is 0 Å². The number of rotatable bonds is 2. The largest absolute Gasteiger partial charge is 0.456 e. The third-order valence-electron chi connectivity index (χ3n) is 13.9. The fourth-order valence-corrected chi connectivity index (χ4v) is 11.7. The minimum atomic E-state index is -0.770. The highest BCUT2D eigenvalue weighted by molar-refractivity contribution is 6.21. The third-order valence-corrected chi connectivity index (χ3v) is 13.9. The summed E-state index contributed by atoms with van der Waals surface area (Å²) in [5.41, 5.74) is 14.8. The van der Waals surface area contributed by atoms with Crippen LogP contribution in [-0.4, -0.2) is 13.5 Å². The molecule has 0 aliphatic carbocycles. The molecule has 1 unspecified atom stereocenters. The number of imidazole rings is 1. The first-order valence-electron chi connectivity index (χ1n) is 20.4. The van der Waals surface area contributed by atoms with Gasteiger partial charge in [0.25, 0.3) is 11.5 Å². The quantitative estimate of drug-likeness (QED) is 0.128. The van der Waals surface area contributed by atoms with Gasteiger partial charge >= 0.3 is 5.66 Å². The van der Waals surface area contributed by atoms with Crippen LogP contribution in [0.2, 0.25) is 0 Å². The first kappa shape index (κ1) is 30.4. The van der Waals surface area contributed by atoms with Crippen molar-refractivity contribution in [3.63, 3.8) is 0 Å². The number of ether oxygens (including phenoxy) is 1. The van der Waals surface area contributed by atoms with E-state index in [1.165, 1.54) is 104 Å². The molecule has 0 bridgehead atoms. The molecule has 59 heavy (non-hydrogen) atoms. The summed E-state index contributed by atoms with van der Waals surface area (Å²) in [7, 11) is 0. The van der Waals surface area contributed by atoms with Crippen molar-refractivity contribution in [2.24, 2.45) is 0 Å². The average Bonchev–Trinajstić information content (AvgIpc) is 4.00. The van der Waals surface area contributed by atoms with Crippen LogP contribution in [0.3, 0.4) is 0 Å². The smallest absolute Gasteiger partial charge is 0.318 e. The van der Waals surface area contributed by atoms with Gasteiger partial charge in [-0.15, -0.1) is 0 Å². The first-order valence-corrected chi connectivity index (χ1v) is 20.4. The van der Waals surface area contributed by atoms with E-state index >= 15 is 0 Å². The van der Waals surface area contributed by atoms with Crippen LogP contribution >= 0.6 is 0 Å². The summed E-state index contributed by atoms with van der Waals surface area (Å²) in [5.74, 6) is 2.92. The molecule has 1 atom stereocenters. The predicted octanol–water partition coefficient (Wildman–Crippen LogP) is 11.3. The lowest BCUT2D eigenvalue weighted by Crippen LogP contribution is -2.75. The number of aromatic nitrogens is 5. The van der Waals surface area contributed by atoms with Gasteiger partial charge in [-0.25, -0.2) is 0 Å². The van der Waals surface area contributed by atoms with Crippen molar-refractivity contribution in [3.05, 3.63) is 186 Å². The summed E-state index contributed by atoms with van der Waals surface area (Å²) in [6, 6.07) is 55.7. The van der Waals surface area contributed by atoms with Crippen LogP contribution in [0.5, 0.6) is 11.5 Å². The van der Waals surface area contributed by atoms with Crippen LogP contribution in [-0.2, 0) is 5.66 Å². The number of aryl methyl sites for hydroxylation is 2. The number of nitrogens with zero attached hydrogens (tertiary/aromatic N) is 5. The van der Waals surface area contributed by atoms with Crippen LogP contribution in [0.1, 0.15) is 22.3 Å². The number of pyridine rings is 2. The zero-order chi connectivity index (χ0) is 38.5. The number of benzene rings is 7. The van der Waals surface area contributed by atoms with Gasteiger partial charge < -0.3 is 9.30 Å². The highest BCUT2D eigenvalue weighted by Crippen LogP contribution is 2.57. The maximum atomic E-state index is 7.13. The third kappa shape index (κ3) is 3.27. The molecule has 7 aromatic carbocycles. The molecule has 1 spiro atoms. The van der Waals surface area contributed by atoms with E-state index in [4.69, 9.17) is 4.74 Å². The van der Waals surface area contributed by atoms with Crippen molar-refractivity contribution in [2.45, 2.75) is 19.5 Å². The minimum absolute atomic E-state index is 0.770. The standard InChI is InChI=1S/C53H33N5O/c1-30-13-12-14-31(2)47(30)43-29-55-52-48-35(38-27-37-34-18-7-8-19-39(34)56(32-15-4-3-5-16-32)41(37)28-42(38)57(43)52)22-24-44-49(48)53(55)50-45(59-44)25-23-36-33-17-6-9-20-40(33)58(51(36)50)46-21-10-11-26-54(46)53/h3-29H,1-2H3/q+2. The predicted molar refractivity (Wildman–Crippen MR) is 234 cm³/mol. The molecule has 5 aromatic heterocycles. The second-order valence-electron chi connectivity index (χ2n) is 16.6. The Hall–Kier alpha value is -7.70. The highest BCUT2D eigenvalue weighted by atomic mass is 16.5. The SMILES string of the molecule is Cc1cccc(C)c1-c1c[n+]2c3c4c5c(ccc4c4cc6c7ccccc7n(-c7ccccc7)c6cc4n13)Oc1ccc3c4ccccc4n4c3c1C52[n+]1ccccc1-4. The Labute approximate surface area is 337 Å². The Kier molecular flexibility index (Phi) is 5.18. The molecule has 6 nitrogen and oxygen atoms in total. The molecule has 0 N–H and O–H groups in total. The first-order chi connectivity index (χ1) is 29.1. The maximum Gasteiger partial charge on any atom is 0.318 e. The van der Waals surface area contributed by atoms with Crippen molar-refractivity contribution in [1.82, 2.24) is 13.5 Å². The molecule has 0 amide bonds. The summed E-state index contributed by atoms with van der Waals surface area (Å²) in [5, 5.41) is 8.63. The van der Waals surface area contributed by atoms with Gasteiger partial charge in [0.2, 0.25) is 0 Å². The molecule has 0 radical (unpaired) electrons. The van der Waals surface area contributed by atoms with Crippen LogP contribution in [0.15, 0.2) is 164 Å². The van der Waals surface area contributed by atoms with E-state index in [0.717, 1.165) is 23.0 Å². The lowest BCUT2D eigenvalue weighted by atomic mass is 9.83. The molecule has 0 saturated carbocycles. The van der Waals surface area contributed by atoms with Gasteiger partial charge in [0.1, 0.15) is 39.9 Å². The molecule has 274 valence electrons. The van der Waals surface area contributed by atoms with E-state index in [-0.39, 0.29) is 0 Å². The monoisotopic (exact) mass is 755 g/mol. The fraction of sp³-hybridized carbons (Fsp3) is 0.0566. The molecule has 6 heteroatoms. The number of hydrogen-bond donors (Lipinski definition) is 0. The van der Waals surface area contributed by atoms with Gasteiger partial charge in [-0.1, -0.05) is 72.8 Å². The van der Waals surface area contributed by atoms with Crippen molar-refractivity contribution in [3.8, 4) is 34.3 Å². The summed E-state index contributed by atoms with van der Waals surface area (Å²) >= 11 is 0. The van der Waals surface area contributed by atoms with E-state index in [1.807, 2.05) is 0 Å². The maximum absolute atomic E-state index is 7.13. The Balaban J connectivity index is 1.22. The van der Waals surface area contributed by atoms with Gasteiger partial charge in [0.15, 0.2) is 11.2 Å². The highest BCUT2D eigenvalue weighted by Gasteiger charge is 2.65. The molecule has 3 aliphatic heterocycles. The Morgan fingerprint density at radius 2 is 1.19 bits per heavy atom. The topological polar surface area (TPSA) is 31.3 Å². The van der Waals surface area contributed by atoms with Gasteiger partial charge in [-0.05, 0) is 91.7 Å². The van der Waals surface area contributed by atoms with Gasteiger partial charge in [-0.3, -0.25) is 0 Å². The molecule has 0 fully saturated rings. The van der Waals surface area contributed by atoms with Crippen LogP contribution in [0.25, 0.3) is 93.7 Å². The van der Waals surface area contributed by atoms with Crippen molar-refractivity contribution in [1.29, 1.82) is 0 Å². The van der Waals surface area contributed by atoms with Crippen molar-refractivity contribution >= 4 is 70.9 Å². The number of fused-ring (bicyclic) bond motifs is 11. The van der Waals surface area contributed by atoms with E-state index in [1.54, 1.807) is 0 Å². The second-order valence-corrected chi connectivity index (χ2v) is 16.6. The zero-order valence-electron chi connectivity index (χ0n) is 32.2. The van der Waals surface area contributed by atoms with Crippen LogP contribution < -0.4 is 13.9 Å². The Bertz CT molecular complexity index is 3940. The fourth-order valence-electron chi connectivity index (χ4n) is 11.7. The van der Waals surface area contributed by atoms with E-state index in [0.29, 0.717) is 0 Å². The van der Waals surface area contributed by atoms with Gasteiger partial charge in [-0.2, -0.15) is 18.1 Å².